The Morgan fingerprint density at radius 3 is 2.17 bits per heavy atom. The predicted octanol–water partition coefficient (Wildman–Crippen LogP) is 5.64. The summed E-state index contributed by atoms with van der Waals surface area (Å²) in [6, 6.07) is 18.3. The van der Waals surface area contributed by atoms with E-state index in [-0.39, 0.29) is 18.4 Å². The number of amides is 2. The maximum atomic E-state index is 12.5. The number of ether oxygens (including phenoxy) is 1. The summed E-state index contributed by atoms with van der Waals surface area (Å²) in [5, 5.41) is 5.64. The second-order valence-electron chi connectivity index (χ2n) is 7.11. The second kappa shape index (κ2) is 9.59. The first-order chi connectivity index (χ1) is 14.3. The van der Waals surface area contributed by atoms with Crippen molar-refractivity contribution < 1.29 is 14.3 Å². The Balaban J connectivity index is 1.62. The van der Waals surface area contributed by atoms with Crippen LogP contribution in [-0.4, -0.2) is 18.4 Å². The first kappa shape index (κ1) is 21.6. The molecule has 30 heavy (non-hydrogen) atoms. The number of anilines is 2. The number of nitrogens with one attached hydrogen (secondary N) is 2. The summed E-state index contributed by atoms with van der Waals surface area (Å²) in [5.74, 6) is 0.154. The summed E-state index contributed by atoms with van der Waals surface area (Å²) < 4.78 is 6.68. The van der Waals surface area contributed by atoms with Crippen molar-refractivity contribution in [3.8, 4) is 5.75 Å². The topological polar surface area (TPSA) is 67.4 Å². The van der Waals surface area contributed by atoms with Crippen molar-refractivity contribution in [3.63, 3.8) is 0 Å². The van der Waals surface area contributed by atoms with Crippen LogP contribution >= 0.6 is 15.9 Å². The molecular formula is C24H23BrN2O3. The maximum Gasteiger partial charge on any atom is 0.262 e. The van der Waals surface area contributed by atoms with Gasteiger partial charge in [0.05, 0.1) is 0 Å². The molecule has 0 fully saturated rings. The molecule has 3 rings (SSSR count). The van der Waals surface area contributed by atoms with Gasteiger partial charge in [0, 0.05) is 21.4 Å². The van der Waals surface area contributed by atoms with Crippen LogP contribution in [0.3, 0.4) is 0 Å². The molecule has 0 saturated heterocycles. The van der Waals surface area contributed by atoms with Gasteiger partial charge in [-0.1, -0.05) is 34.1 Å². The Hall–Kier alpha value is -3.12. The van der Waals surface area contributed by atoms with Gasteiger partial charge in [0.2, 0.25) is 0 Å². The van der Waals surface area contributed by atoms with Crippen LogP contribution in [0.4, 0.5) is 11.4 Å². The highest BCUT2D eigenvalue weighted by Gasteiger charge is 2.11. The number of hydrogen-bond acceptors (Lipinski definition) is 3. The van der Waals surface area contributed by atoms with Gasteiger partial charge in [-0.05, 0) is 79.9 Å². The lowest BCUT2D eigenvalue weighted by Gasteiger charge is -2.13. The lowest BCUT2D eigenvalue weighted by atomic mass is 10.1. The van der Waals surface area contributed by atoms with Gasteiger partial charge in [-0.3, -0.25) is 9.59 Å². The lowest BCUT2D eigenvalue weighted by molar-refractivity contribution is -0.118. The molecule has 0 aliphatic heterocycles. The average molecular weight is 467 g/mol. The summed E-state index contributed by atoms with van der Waals surface area (Å²) in [6.07, 6.45) is 0. The molecule has 0 unspecified atom stereocenters. The molecule has 0 heterocycles. The third-order valence-electron chi connectivity index (χ3n) is 4.46. The second-order valence-corrected chi connectivity index (χ2v) is 8.03. The van der Waals surface area contributed by atoms with E-state index in [1.807, 2.05) is 57.2 Å². The van der Waals surface area contributed by atoms with Gasteiger partial charge >= 0.3 is 0 Å². The molecule has 2 N–H and O–H groups in total. The summed E-state index contributed by atoms with van der Waals surface area (Å²) in [7, 11) is 0. The van der Waals surface area contributed by atoms with Crippen LogP contribution in [0.25, 0.3) is 0 Å². The number of hydrogen-bond donors (Lipinski definition) is 2. The minimum Gasteiger partial charge on any atom is -0.483 e. The number of aryl methyl sites for hydroxylation is 3. The lowest BCUT2D eigenvalue weighted by Crippen LogP contribution is -2.21. The van der Waals surface area contributed by atoms with Gasteiger partial charge < -0.3 is 15.4 Å². The van der Waals surface area contributed by atoms with Gasteiger partial charge in [0.25, 0.3) is 11.8 Å². The number of benzene rings is 3. The fourth-order valence-corrected chi connectivity index (χ4v) is 3.81. The van der Waals surface area contributed by atoms with Crippen molar-refractivity contribution >= 4 is 39.1 Å². The van der Waals surface area contributed by atoms with Crippen LogP contribution in [0.15, 0.2) is 65.1 Å². The number of rotatable bonds is 6. The minimum atomic E-state index is -0.298. The Morgan fingerprint density at radius 1 is 0.867 bits per heavy atom. The summed E-state index contributed by atoms with van der Waals surface area (Å²) >= 11 is 3.45. The third-order valence-corrected chi connectivity index (χ3v) is 4.91. The Kier molecular flexibility index (Phi) is 6.90. The SMILES string of the molecule is Cc1cccc(NC(=O)c2cccc(NC(=O)COc3c(C)cc(Br)cc3C)c2)c1. The fourth-order valence-electron chi connectivity index (χ4n) is 3.12. The molecule has 2 amide bonds. The standard InChI is InChI=1S/C24H23BrN2O3/c1-15-6-4-8-20(10-15)27-24(29)18-7-5-9-21(13-18)26-22(28)14-30-23-16(2)11-19(25)12-17(23)3/h4-13H,14H2,1-3H3,(H,26,28)(H,27,29). The molecule has 0 atom stereocenters. The van der Waals surface area contributed by atoms with E-state index in [2.05, 4.69) is 26.6 Å². The number of carbonyl (C=O) groups excluding carboxylic acids is 2. The van der Waals surface area contributed by atoms with Gasteiger partial charge in [-0.25, -0.2) is 0 Å². The van der Waals surface area contributed by atoms with E-state index in [0.717, 1.165) is 26.9 Å². The molecule has 5 nitrogen and oxygen atoms in total. The smallest absolute Gasteiger partial charge is 0.262 e. The Morgan fingerprint density at radius 2 is 1.50 bits per heavy atom. The zero-order chi connectivity index (χ0) is 21.7. The van der Waals surface area contributed by atoms with Crippen molar-refractivity contribution in [1.82, 2.24) is 0 Å². The predicted molar refractivity (Wildman–Crippen MR) is 123 cm³/mol. The molecule has 3 aromatic carbocycles. The largest absolute Gasteiger partial charge is 0.483 e. The van der Waals surface area contributed by atoms with Crippen molar-refractivity contribution in [3.05, 3.63) is 87.4 Å². The summed E-state index contributed by atoms with van der Waals surface area (Å²) in [6.45, 7) is 5.71. The molecule has 0 aromatic heterocycles. The van der Waals surface area contributed by atoms with E-state index >= 15 is 0 Å². The molecule has 0 saturated carbocycles. The van der Waals surface area contributed by atoms with Crippen LogP contribution in [0, 0.1) is 20.8 Å². The molecule has 0 spiro atoms. The average Bonchev–Trinajstić information content (AvgIpc) is 2.67. The highest BCUT2D eigenvalue weighted by Crippen LogP contribution is 2.27. The van der Waals surface area contributed by atoms with Crippen LogP contribution in [0.2, 0.25) is 0 Å². The molecule has 154 valence electrons. The monoisotopic (exact) mass is 466 g/mol. The van der Waals surface area contributed by atoms with E-state index in [0.29, 0.717) is 17.0 Å². The molecule has 0 radical (unpaired) electrons. The summed E-state index contributed by atoms with van der Waals surface area (Å²) in [5.41, 5.74) is 4.67. The van der Waals surface area contributed by atoms with E-state index in [4.69, 9.17) is 4.74 Å². The van der Waals surface area contributed by atoms with Gasteiger partial charge in [-0.15, -0.1) is 0 Å². The van der Waals surface area contributed by atoms with Gasteiger partial charge in [0.1, 0.15) is 5.75 Å². The van der Waals surface area contributed by atoms with Crippen LogP contribution < -0.4 is 15.4 Å². The number of carbonyl (C=O) groups is 2. The van der Waals surface area contributed by atoms with E-state index in [1.54, 1.807) is 24.3 Å². The third kappa shape index (κ3) is 5.70. The van der Waals surface area contributed by atoms with Crippen molar-refractivity contribution in [2.75, 3.05) is 17.2 Å². The zero-order valence-electron chi connectivity index (χ0n) is 17.1. The molecule has 0 bridgehead atoms. The van der Waals surface area contributed by atoms with Crippen molar-refractivity contribution in [1.29, 1.82) is 0 Å². The van der Waals surface area contributed by atoms with E-state index in [1.165, 1.54) is 0 Å². The fraction of sp³-hybridized carbons (Fsp3) is 0.167. The Labute approximate surface area is 184 Å². The first-order valence-corrected chi connectivity index (χ1v) is 10.3. The van der Waals surface area contributed by atoms with Crippen LogP contribution in [0.1, 0.15) is 27.0 Å². The number of halogens is 1. The molecule has 0 aliphatic rings. The molecule has 3 aromatic rings. The van der Waals surface area contributed by atoms with E-state index < -0.39 is 0 Å². The quantitative estimate of drug-likeness (QED) is 0.493. The normalized spacial score (nSPS) is 10.4. The first-order valence-electron chi connectivity index (χ1n) is 9.49. The van der Waals surface area contributed by atoms with Crippen LogP contribution in [-0.2, 0) is 4.79 Å². The van der Waals surface area contributed by atoms with Gasteiger partial charge in [0.15, 0.2) is 6.61 Å². The van der Waals surface area contributed by atoms with Gasteiger partial charge in [-0.2, -0.15) is 0 Å². The van der Waals surface area contributed by atoms with Crippen LogP contribution in [0.5, 0.6) is 5.75 Å². The zero-order valence-corrected chi connectivity index (χ0v) is 18.7. The molecular weight excluding hydrogens is 444 g/mol. The van der Waals surface area contributed by atoms with Crippen molar-refractivity contribution in [2.45, 2.75) is 20.8 Å². The highest BCUT2D eigenvalue weighted by molar-refractivity contribution is 9.10. The molecule has 0 aliphatic carbocycles. The highest BCUT2D eigenvalue weighted by atomic mass is 79.9. The van der Waals surface area contributed by atoms with Crippen molar-refractivity contribution in [2.24, 2.45) is 0 Å². The van der Waals surface area contributed by atoms with E-state index in [9.17, 15) is 9.59 Å². The Bertz CT molecular complexity index is 1070. The molecule has 6 heteroatoms. The minimum absolute atomic E-state index is 0.122. The summed E-state index contributed by atoms with van der Waals surface area (Å²) in [4.78, 5) is 24.9. The maximum absolute atomic E-state index is 12.5.